The number of thioether (sulfide) groups is 1. The average molecular weight is 310 g/mol. The monoisotopic (exact) mass is 310 g/mol. The quantitative estimate of drug-likeness (QED) is 0.725. The van der Waals surface area contributed by atoms with Crippen molar-refractivity contribution in [2.75, 3.05) is 25.9 Å². The van der Waals surface area contributed by atoms with Crippen LogP contribution in [0.3, 0.4) is 0 Å². The Labute approximate surface area is 119 Å². The molecule has 1 saturated heterocycles. The maximum absolute atomic E-state index is 12.0. The van der Waals surface area contributed by atoms with E-state index in [1.807, 2.05) is 6.26 Å². The molecule has 0 amide bonds. The van der Waals surface area contributed by atoms with Gasteiger partial charge in [-0.2, -0.15) is 24.5 Å². The van der Waals surface area contributed by atoms with E-state index in [-0.39, 0.29) is 13.1 Å². The zero-order valence-electron chi connectivity index (χ0n) is 11.3. The number of nitrogens with one attached hydrogen (secondary N) is 1. The van der Waals surface area contributed by atoms with Crippen LogP contribution in [0.15, 0.2) is 0 Å². The highest BCUT2D eigenvalue weighted by Gasteiger charge is 2.30. The first-order valence-electron chi connectivity index (χ1n) is 6.37. The largest absolute Gasteiger partial charge is 0.481 e. The first-order valence-corrected chi connectivity index (χ1v) is 9.10. The number of hydrogen-bond donors (Lipinski definition) is 2. The molecule has 1 aliphatic rings. The number of piperidine rings is 1. The van der Waals surface area contributed by atoms with Gasteiger partial charge in [-0.05, 0) is 25.5 Å². The van der Waals surface area contributed by atoms with Crippen molar-refractivity contribution >= 4 is 27.9 Å². The first kappa shape index (κ1) is 16.7. The van der Waals surface area contributed by atoms with Crippen molar-refractivity contribution in [3.63, 3.8) is 0 Å². The molecule has 1 unspecified atom stereocenters. The van der Waals surface area contributed by atoms with E-state index >= 15 is 0 Å². The van der Waals surface area contributed by atoms with E-state index in [0.29, 0.717) is 24.6 Å². The van der Waals surface area contributed by atoms with Crippen LogP contribution in [0, 0.1) is 5.92 Å². The number of rotatable bonds is 7. The summed E-state index contributed by atoms with van der Waals surface area (Å²) in [5.74, 6) is -1.25. The molecule has 8 heteroatoms. The SMILES string of the molecule is CSC(C)CCNS(=O)(=O)N1CCC(C(=O)O)CC1. The molecule has 1 aliphatic heterocycles. The van der Waals surface area contributed by atoms with E-state index in [4.69, 9.17) is 5.11 Å². The summed E-state index contributed by atoms with van der Waals surface area (Å²) in [7, 11) is -3.46. The van der Waals surface area contributed by atoms with Gasteiger partial charge >= 0.3 is 5.97 Å². The fraction of sp³-hybridized carbons (Fsp3) is 0.909. The van der Waals surface area contributed by atoms with Crippen LogP contribution in [0.25, 0.3) is 0 Å². The summed E-state index contributed by atoms with van der Waals surface area (Å²) in [6.07, 6.45) is 3.55. The van der Waals surface area contributed by atoms with Gasteiger partial charge < -0.3 is 5.11 Å². The van der Waals surface area contributed by atoms with E-state index in [2.05, 4.69) is 11.6 Å². The van der Waals surface area contributed by atoms with Crippen LogP contribution in [0.4, 0.5) is 0 Å². The summed E-state index contributed by atoms with van der Waals surface area (Å²) in [5, 5.41) is 9.29. The van der Waals surface area contributed by atoms with Gasteiger partial charge in [0.25, 0.3) is 10.2 Å². The van der Waals surface area contributed by atoms with Gasteiger partial charge in [-0.15, -0.1) is 0 Å². The highest BCUT2D eigenvalue weighted by molar-refractivity contribution is 7.99. The minimum atomic E-state index is -3.46. The fourth-order valence-corrected chi connectivity index (χ4v) is 3.55. The minimum Gasteiger partial charge on any atom is -0.481 e. The standard InChI is InChI=1S/C11H22N2O4S2/c1-9(18-2)3-6-12-19(16,17)13-7-4-10(5-8-13)11(14)15/h9-10,12H,3-8H2,1-2H3,(H,14,15). The molecule has 1 rings (SSSR count). The van der Waals surface area contributed by atoms with Crippen molar-refractivity contribution in [3.8, 4) is 0 Å². The Morgan fingerprint density at radius 2 is 2.05 bits per heavy atom. The van der Waals surface area contributed by atoms with Gasteiger partial charge in [0, 0.05) is 24.9 Å². The maximum Gasteiger partial charge on any atom is 0.306 e. The Hall–Kier alpha value is -0.310. The normalized spacial score (nSPS) is 20.3. The lowest BCUT2D eigenvalue weighted by Crippen LogP contribution is -2.46. The molecule has 1 fully saturated rings. The van der Waals surface area contributed by atoms with E-state index in [1.165, 1.54) is 4.31 Å². The highest BCUT2D eigenvalue weighted by atomic mass is 32.2. The van der Waals surface area contributed by atoms with E-state index in [0.717, 1.165) is 6.42 Å². The van der Waals surface area contributed by atoms with Gasteiger partial charge in [-0.3, -0.25) is 4.79 Å². The maximum atomic E-state index is 12.0. The zero-order valence-corrected chi connectivity index (χ0v) is 13.0. The molecule has 2 N–H and O–H groups in total. The summed E-state index contributed by atoms with van der Waals surface area (Å²) in [6, 6.07) is 0. The second-order valence-electron chi connectivity index (χ2n) is 4.75. The topological polar surface area (TPSA) is 86.7 Å². The zero-order chi connectivity index (χ0) is 14.5. The molecule has 0 bridgehead atoms. The Kier molecular flexibility index (Phi) is 6.58. The predicted molar refractivity (Wildman–Crippen MR) is 76.4 cm³/mol. The number of carbonyl (C=O) groups is 1. The molecule has 0 aromatic carbocycles. The Morgan fingerprint density at radius 3 is 2.53 bits per heavy atom. The van der Waals surface area contributed by atoms with Crippen LogP contribution in [0.2, 0.25) is 0 Å². The van der Waals surface area contributed by atoms with Crippen LogP contribution in [-0.2, 0) is 15.0 Å². The second-order valence-corrected chi connectivity index (χ2v) is 7.78. The van der Waals surface area contributed by atoms with Crippen LogP contribution >= 0.6 is 11.8 Å². The van der Waals surface area contributed by atoms with Crippen LogP contribution < -0.4 is 4.72 Å². The molecule has 1 atom stereocenters. The van der Waals surface area contributed by atoms with Crippen LogP contribution in [0.5, 0.6) is 0 Å². The molecule has 0 saturated carbocycles. The number of aliphatic carboxylic acids is 1. The van der Waals surface area contributed by atoms with Crippen molar-refractivity contribution in [1.29, 1.82) is 0 Å². The van der Waals surface area contributed by atoms with Crippen molar-refractivity contribution in [2.24, 2.45) is 5.92 Å². The van der Waals surface area contributed by atoms with E-state index < -0.39 is 22.1 Å². The molecule has 0 radical (unpaired) electrons. The fourth-order valence-electron chi connectivity index (χ4n) is 1.94. The second kappa shape index (κ2) is 7.47. The molecule has 0 spiro atoms. The molecule has 6 nitrogen and oxygen atoms in total. The van der Waals surface area contributed by atoms with Gasteiger partial charge in [0.05, 0.1) is 5.92 Å². The molecule has 112 valence electrons. The lowest BCUT2D eigenvalue weighted by molar-refractivity contribution is -0.142. The number of hydrogen-bond acceptors (Lipinski definition) is 4. The minimum absolute atomic E-state index is 0.282. The van der Waals surface area contributed by atoms with E-state index in [9.17, 15) is 13.2 Å². The van der Waals surface area contributed by atoms with Crippen molar-refractivity contribution in [2.45, 2.75) is 31.4 Å². The predicted octanol–water partition coefficient (Wildman–Crippen LogP) is 0.759. The lowest BCUT2D eigenvalue weighted by Gasteiger charge is -2.29. The molecule has 1 heterocycles. The van der Waals surface area contributed by atoms with Crippen molar-refractivity contribution in [3.05, 3.63) is 0 Å². The summed E-state index contributed by atoms with van der Waals surface area (Å²) in [4.78, 5) is 10.8. The van der Waals surface area contributed by atoms with Gasteiger partial charge in [0.2, 0.25) is 0 Å². The van der Waals surface area contributed by atoms with Crippen LogP contribution in [-0.4, -0.2) is 54.9 Å². The Bertz CT molecular complexity index is 391. The number of carboxylic acid groups (broad SMARTS) is 1. The van der Waals surface area contributed by atoms with Crippen LogP contribution in [0.1, 0.15) is 26.2 Å². The Morgan fingerprint density at radius 1 is 1.47 bits per heavy atom. The van der Waals surface area contributed by atoms with Gasteiger partial charge in [-0.25, -0.2) is 4.72 Å². The number of nitrogens with zero attached hydrogens (tertiary/aromatic N) is 1. The molecule has 0 aromatic rings. The third-order valence-corrected chi connectivity index (χ3v) is 6.04. The van der Waals surface area contributed by atoms with Gasteiger partial charge in [0.1, 0.15) is 0 Å². The molecule has 0 aromatic heterocycles. The van der Waals surface area contributed by atoms with Crippen molar-refractivity contribution < 1.29 is 18.3 Å². The van der Waals surface area contributed by atoms with Gasteiger partial charge in [-0.1, -0.05) is 6.92 Å². The number of carboxylic acids is 1. The molecule has 19 heavy (non-hydrogen) atoms. The van der Waals surface area contributed by atoms with E-state index in [1.54, 1.807) is 11.8 Å². The third kappa shape index (κ3) is 5.29. The summed E-state index contributed by atoms with van der Waals surface area (Å²) < 4.78 is 27.9. The highest BCUT2D eigenvalue weighted by Crippen LogP contribution is 2.19. The first-order chi connectivity index (χ1) is 8.86. The van der Waals surface area contributed by atoms with Crippen molar-refractivity contribution in [1.82, 2.24) is 9.03 Å². The smallest absolute Gasteiger partial charge is 0.306 e. The van der Waals surface area contributed by atoms with Gasteiger partial charge in [0.15, 0.2) is 0 Å². The molecule has 0 aliphatic carbocycles. The summed E-state index contributed by atoms with van der Waals surface area (Å²) in [5.41, 5.74) is 0. The summed E-state index contributed by atoms with van der Waals surface area (Å²) >= 11 is 1.70. The third-order valence-electron chi connectivity index (χ3n) is 3.38. The average Bonchev–Trinajstić information content (AvgIpc) is 2.38. The molecular weight excluding hydrogens is 288 g/mol. The Balaban J connectivity index is 2.40. The lowest BCUT2D eigenvalue weighted by atomic mass is 9.99. The molecular formula is C11H22N2O4S2. The summed E-state index contributed by atoms with van der Waals surface area (Å²) in [6.45, 7) is 3.04.